The first-order chi connectivity index (χ1) is 11.8. The smallest absolute Gasteiger partial charge is 0.273 e. The van der Waals surface area contributed by atoms with Crippen molar-refractivity contribution < 1.29 is 13.2 Å². The standard InChI is InChI=1S/C11H10BrN7O3S3/c1-4-8(24-11(13-4)14-5(2)20)6-3-7(23-9(6)12)25(21,22)17-10-15-18-19-16-10/h3H,1-2H3,(H,13,14,20)(H2,15,16,17,18,19). The molecule has 0 saturated carbocycles. The van der Waals surface area contributed by atoms with E-state index < -0.39 is 10.0 Å². The number of aromatic amines is 1. The number of halogens is 1. The second kappa shape index (κ2) is 6.78. The lowest BCUT2D eigenvalue weighted by molar-refractivity contribution is -0.114. The highest BCUT2D eigenvalue weighted by molar-refractivity contribution is 9.11. The Labute approximate surface area is 158 Å². The molecule has 0 atom stereocenters. The highest BCUT2D eigenvalue weighted by Gasteiger charge is 2.23. The van der Waals surface area contributed by atoms with E-state index in [-0.39, 0.29) is 16.1 Å². The third-order valence-corrected chi connectivity index (χ3v) is 7.58. The number of rotatable bonds is 5. The first kappa shape index (κ1) is 17.9. The van der Waals surface area contributed by atoms with E-state index in [1.54, 1.807) is 6.92 Å². The van der Waals surface area contributed by atoms with Gasteiger partial charge in [0.2, 0.25) is 5.91 Å². The minimum atomic E-state index is -3.84. The fraction of sp³-hybridized carbons (Fsp3) is 0.182. The number of thiazole rings is 1. The molecule has 1 amide bonds. The van der Waals surface area contributed by atoms with Gasteiger partial charge < -0.3 is 5.32 Å². The Hall–Kier alpha value is -1.90. The Kier molecular flexibility index (Phi) is 4.86. The van der Waals surface area contributed by atoms with Crippen LogP contribution in [-0.4, -0.2) is 39.9 Å². The van der Waals surface area contributed by atoms with E-state index in [9.17, 15) is 13.2 Å². The third kappa shape index (κ3) is 3.86. The largest absolute Gasteiger partial charge is 0.302 e. The van der Waals surface area contributed by atoms with E-state index in [4.69, 9.17) is 0 Å². The van der Waals surface area contributed by atoms with E-state index in [2.05, 4.69) is 51.6 Å². The lowest BCUT2D eigenvalue weighted by Crippen LogP contribution is -2.12. The molecule has 0 spiro atoms. The normalized spacial score (nSPS) is 11.5. The van der Waals surface area contributed by atoms with Gasteiger partial charge in [-0.15, -0.1) is 11.3 Å². The van der Waals surface area contributed by atoms with E-state index in [1.807, 2.05) is 0 Å². The summed E-state index contributed by atoms with van der Waals surface area (Å²) in [5.41, 5.74) is 1.36. The Balaban J connectivity index is 1.95. The molecule has 14 heteroatoms. The van der Waals surface area contributed by atoms with Gasteiger partial charge in [0.25, 0.3) is 16.0 Å². The van der Waals surface area contributed by atoms with Crippen LogP contribution in [0.15, 0.2) is 14.1 Å². The molecule has 0 aliphatic carbocycles. The van der Waals surface area contributed by atoms with Crippen molar-refractivity contribution in [1.29, 1.82) is 0 Å². The number of nitrogens with zero attached hydrogens (tertiary/aromatic N) is 4. The zero-order chi connectivity index (χ0) is 18.2. The number of sulfonamides is 1. The molecular weight excluding hydrogens is 454 g/mol. The van der Waals surface area contributed by atoms with E-state index in [0.717, 1.165) is 16.2 Å². The maximum atomic E-state index is 12.4. The summed E-state index contributed by atoms with van der Waals surface area (Å²) in [6.45, 7) is 3.18. The molecule has 0 unspecified atom stereocenters. The molecule has 0 saturated heterocycles. The zero-order valence-electron chi connectivity index (χ0n) is 12.7. The van der Waals surface area contributed by atoms with Gasteiger partial charge in [-0.05, 0) is 39.3 Å². The van der Waals surface area contributed by atoms with Crippen LogP contribution in [0.2, 0.25) is 0 Å². The van der Waals surface area contributed by atoms with Crippen LogP contribution in [0.3, 0.4) is 0 Å². The van der Waals surface area contributed by atoms with Gasteiger partial charge in [0.15, 0.2) is 5.13 Å². The summed E-state index contributed by atoms with van der Waals surface area (Å²) in [7, 11) is -3.84. The van der Waals surface area contributed by atoms with Gasteiger partial charge in [-0.25, -0.2) is 23.2 Å². The second-order valence-electron chi connectivity index (χ2n) is 4.72. The number of amides is 1. The van der Waals surface area contributed by atoms with Gasteiger partial charge in [0.05, 0.1) is 14.4 Å². The van der Waals surface area contributed by atoms with Crippen molar-refractivity contribution in [3.63, 3.8) is 0 Å². The van der Waals surface area contributed by atoms with Gasteiger partial charge in [-0.2, -0.15) is 0 Å². The quantitative estimate of drug-likeness (QED) is 0.525. The van der Waals surface area contributed by atoms with E-state index >= 15 is 0 Å². The minimum Gasteiger partial charge on any atom is -0.302 e. The number of carbonyl (C=O) groups is 1. The number of carbonyl (C=O) groups excluding carboxylic acids is 1. The molecule has 3 aromatic heterocycles. The number of nitrogens with one attached hydrogen (secondary N) is 3. The van der Waals surface area contributed by atoms with Crippen LogP contribution < -0.4 is 10.0 Å². The van der Waals surface area contributed by atoms with Gasteiger partial charge in [-0.1, -0.05) is 16.4 Å². The summed E-state index contributed by atoms with van der Waals surface area (Å²) < 4.78 is 27.8. The number of thiophene rings is 1. The summed E-state index contributed by atoms with van der Waals surface area (Å²) in [5.74, 6) is -0.300. The van der Waals surface area contributed by atoms with Gasteiger partial charge in [-0.3, -0.25) is 4.79 Å². The van der Waals surface area contributed by atoms with Crippen molar-refractivity contribution in [2.24, 2.45) is 0 Å². The number of anilines is 2. The number of hydrogen-bond acceptors (Lipinski definition) is 9. The molecule has 0 radical (unpaired) electrons. The Morgan fingerprint density at radius 2 is 2.12 bits per heavy atom. The van der Waals surface area contributed by atoms with Crippen LogP contribution in [0.25, 0.3) is 10.4 Å². The van der Waals surface area contributed by atoms with Crippen molar-refractivity contribution in [3.8, 4) is 10.4 Å². The second-order valence-corrected chi connectivity index (χ2v) is 10.0. The summed E-state index contributed by atoms with van der Waals surface area (Å²) >= 11 is 5.70. The molecule has 3 aromatic rings. The van der Waals surface area contributed by atoms with Crippen LogP contribution in [0.4, 0.5) is 11.1 Å². The summed E-state index contributed by atoms with van der Waals surface area (Å²) in [6, 6.07) is 1.53. The van der Waals surface area contributed by atoms with Gasteiger partial charge >= 0.3 is 0 Å². The van der Waals surface area contributed by atoms with Crippen molar-refractivity contribution in [2.45, 2.75) is 18.1 Å². The molecule has 25 heavy (non-hydrogen) atoms. The SMILES string of the molecule is CC(=O)Nc1nc(C)c(-c2cc(S(=O)(=O)Nc3nnn[nH]3)sc2Br)s1. The van der Waals surface area contributed by atoms with E-state index in [0.29, 0.717) is 20.2 Å². The molecule has 0 aliphatic rings. The van der Waals surface area contributed by atoms with Gasteiger partial charge in [0.1, 0.15) is 4.21 Å². The van der Waals surface area contributed by atoms with Gasteiger partial charge in [0, 0.05) is 12.5 Å². The number of aromatic nitrogens is 5. The highest BCUT2D eigenvalue weighted by Crippen LogP contribution is 2.43. The third-order valence-electron chi connectivity index (χ3n) is 2.83. The lowest BCUT2D eigenvalue weighted by atomic mass is 10.2. The number of H-pyrrole nitrogens is 1. The molecule has 3 heterocycles. The van der Waals surface area contributed by atoms with Crippen molar-refractivity contribution in [1.82, 2.24) is 25.6 Å². The zero-order valence-corrected chi connectivity index (χ0v) is 16.7. The summed E-state index contributed by atoms with van der Waals surface area (Å²) in [6.07, 6.45) is 0. The first-order valence-electron chi connectivity index (χ1n) is 6.57. The topological polar surface area (TPSA) is 143 Å². The average molecular weight is 464 g/mol. The van der Waals surface area contributed by atoms with Crippen molar-refractivity contribution in [2.75, 3.05) is 10.0 Å². The number of aryl methyl sites for hydroxylation is 1. The number of hydrogen-bond donors (Lipinski definition) is 3. The number of tetrazole rings is 1. The maximum absolute atomic E-state index is 12.4. The summed E-state index contributed by atoms with van der Waals surface area (Å²) in [5, 5.41) is 15.5. The van der Waals surface area contributed by atoms with Crippen LogP contribution in [0, 0.1) is 6.92 Å². The molecule has 10 nitrogen and oxygen atoms in total. The molecule has 0 aliphatic heterocycles. The Bertz CT molecular complexity index is 1030. The predicted molar refractivity (Wildman–Crippen MR) is 97.2 cm³/mol. The first-order valence-corrected chi connectivity index (χ1v) is 10.5. The van der Waals surface area contributed by atoms with Crippen molar-refractivity contribution in [3.05, 3.63) is 15.5 Å². The Morgan fingerprint density at radius 3 is 2.76 bits per heavy atom. The maximum Gasteiger partial charge on any atom is 0.273 e. The minimum absolute atomic E-state index is 0.0759. The molecule has 3 N–H and O–H groups in total. The monoisotopic (exact) mass is 463 g/mol. The van der Waals surface area contributed by atoms with Crippen LogP contribution in [0.1, 0.15) is 12.6 Å². The molecule has 132 valence electrons. The average Bonchev–Trinajstić information content (AvgIpc) is 3.19. The highest BCUT2D eigenvalue weighted by atomic mass is 79.9. The van der Waals surface area contributed by atoms with Crippen LogP contribution in [-0.2, 0) is 14.8 Å². The fourth-order valence-corrected chi connectivity index (χ4v) is 6.41. The fourth-order valence-electron chi connectivity index (χ4n) is 1.86. The van der Waals surface area contributed by atoms with Crippen LogP contribution in [0.5, 0.6) is 0 Å². The molecule has 0 aromatic carbocycles. The Morgan fingerprint density at radius 1 is 1.36 bits per heavy atom. The predicted octanol–water partition coefficient (Wildman–Crippen LogP) is 2.21. The molecule has 0 bridgehead atoms. The van der Waals surface area contributed by atoms with Crippen molar-refractivity contribution >= 4 is 65.6 Å². The van der Waals surface area contributed by atoms with E-state index in [1.165, 1.54) is 24.3 Å². The molecule has 0 fully saturated rings. The molecular formula is C11H10BrN7O3S3. The summed E-state index contributed by atoms with van der Waals surface area (Å²) in [4.78, 5) is 16.2. The lowest BCUT2D eigenvalue weighted by Gasteiger charge is -2.00. The molecule has 3 rings (SSSR count). The van der Waals surface area contributed by atoms with Crippen LogP contribution >= 0.6 is 38.6 Å².